The highest BCUT2D eigenvalue weighted by Gasteiger charge is 2.32. The van der Waals surface area contributed by atoms with Gasteiger partial charge in [-0.25, -0.2) is 14.0 Å². The number of anilines is 1. The summed E-state index contributed by atoms with van der Waals surface area (Å²) in [6.45, 7) is 0.515. The molecule has 2 amide bonds. The van der Waals surface area contributed by atoms with Crippen LogP contribution in [0.15, 0.2) is 72.8 Å². The Bertz CT molecular complexity index is 1080. The predicted octanol–water partition coefficient (Wildman–Crippen LogP) is 4.79. The quantitative estimate of drug-likeness (QED) is 0.639. The number of halogens is 1. The first-order chi connectivity index (χ1) is 14.6. The first kappa shape index (κ1) is 19.6. The molecule has 1 aliphatic heterocycles. The zero-order chi connectivity index (χ0) is 21.1. The van der Waals surface area contributed by atoms with Gasteiger partial charge in [-0.05, 0) is 53.4 Å². The molecule has 4 rings (SSSR count). The van der Waals surface area contributed by atoms with Crippen LogP contribution in [-0.4, -0.2) is 30.6 Å². The van der Waals surface area contributed by atoms with E-state index in [1.54, 1.807) is 41.3 Å². The van der Waals surface area contributed by atoms with Gasteiger partial charge < -0.3 is 15.0 Å². The number of methoxy groups -OCH3 is 1. The molecule has 3 aromatic carbocycles. The Morgan fingerprint density at radius 3 is 2.57 bits per heavy atom. The monoisotopic (exact) mass is 404 g/mol. The van der Waals surface area contributed by atoms with Crippen LogP contribution < -0.4 is 5.32 Å². The molecule has 0 bridgehead atoms. The van der Waals surface area contributed by atoms with Gasteiger partial charge in [0.1, 0.15) is 5.82 Å². The van der Waals surface area contributed by atoms with Gasteiger partial charge in [-0.3, -0.25) is 0 Å². The number of nitrogens with zero attached hydrogens (tertiary/aromatic N) is 1. The fourth-order valence-corrected chi connectivity index (χ4v) is 3.83. The number of carbonyl (C=O) groups excluding carboxylic acids is 2. The summed E-state index contributed by atoms with van der Waals surface area (Å²) in [5.41, 5.74) is 3.88. The predicted molar refractivity (Wildman–Crippen MR) is 112 cm³/mol. The molecule has 30 heavy (non-hydrogen) atoms. The number of urea groups is 1. The van der Waals surface area contributed by atoms with E-state index in [-0.39, 0.29) is 17.9 Å². The molecular weight excluding hydrogens is 383 g/mol. The van der Waals surface area contributed by atoms with Gasteiger partial charge in [0, 0.05) is 12.2 Å². The Balaban J connectivity index is 1.65. The van der Waals surface area contributed by atoms with E-state index in [1.165, 1.54) is 24.8 Å². The highest BCUT2D eigenvalue weighted by Crippen LogP contribution is 2.35. The minimum absolute atomic E-state index is 0.291. The van der Waals surface area contributed by atoms with Crippen molar-refractivity contribution < 1.29 is 18.7 Å². The van der Waals surface area contributed by atoms with Gasteiger partial charge in [0.25, 0.3) is 0 Å². The van der Waals surface area contributed by atoms with Crippen LogP contribution in [0.4, 0.5) is 14.9 Å². The summed E-state index contributed by atoms with van der Waals surface area (Å²) >= 11 is 0. The molecule has 1 atom stereocenters. The van der Waals surface area contributed by atoms with E-state index in [4.69, 9.17) is 4.74 Å². The molecule has 0 aliphatic carbocycles. The van der Waals surface area contributed by atoms with Crippen molar-refractivity contribution >= 4 is 17.7 Å². The SMILES string of the molecule is COC(=O)c1cccc(NC(=O)N2CCc3ccccc3C2c2ccc(F)cc2)c1. The number of amides is 2. The van der Waals surface area contributed by atoms with Gasteiger partial charge in [-0.15, -0.1) is 0 Å². The van der Waals surface area contributed by atoms with E-state index < -0.39 is 5.97 Å². The molecular formula is C24H21FN2O3. The lowest BCUT2D eigenvalue weighted by molar-refractivity contribution is 0.0600. The highest BCUT2D eigenvalue weighted by molar-refractivity contribution is 5.94. The molecule has 0 spiro atoms. The van der Waals surface area contributed by atoms with Crippen LogP contribution >= 0.6 is 0 Å². The summed E-state index contributed by atoms with van der Waals surface area (Å²) < 4.78 is 18.2. The minimum Gasteiger partial charge on any atom is -0.465 e. The van der Waals surface area contributed by atoms with Gasteiger partial charge >= 0.3 is 12.0 Å². The van der Waals surface area contributed by atoms with Crippen LogP contribution in [0.25, 0.3) is 0 Å². The van der Waals surface area contributed by atoms with E-state index >= 15 is 0 Å². The van der Waals surface area contributed by atoms with Crippen molar-refractivity contribution in [3.05, 3.63) is 101 Å². The summed E-state index contributed by atoms with van der Waals surface area (Å²) in [6, 6.07) is 20.2. The molecule has 3 aromatic rings. The van der Waals surface area contributed by atoms with Crippen LogP contribution in [0, 0.1) is 5.82 Å². The maximum Gasteiger partial charge on any atom is 0.337 e. The standard InChI is InChI=1S/C24H21FN2O3/c1-30-23(28)18-6-4-7-20(15-18)26-24(29)27-14-13-16-5-2-3-8-21(16)22(27)17-9-11-19(25)12-10-17/h2-12,15,22H,13-14H2,1H3,(H,26,29). The van der Waals surface area contributed by atoms with Gasteiger partial charge in [-0.1, -0.05) is 42.5 Å². The van der Waals surface area contributed by atoms with Crippen molar-refractivity contribution in [2.24, 2.45) is 0 Å². The van der Waals surface area contributed by atoms with Gasteiger partial charge in [0.05, 0.1) is 18.7 Å². The Labute approximate surface area is 174 Å². The second-order valence-electron chi connectivity index (χ2n) is 7.10. The van der Waals surface area contributed by atoms with E-state index in [1.807, 2.05) is 18.2 Å². The fraction of sp³-hybridized carbons (Fsp3) is 0.167. The van der Waals surface area contributed by atoms with Crippen molar-refractivity contribution in [2.45, 2.75) is 12.5 Å². The number of hydrogen-bond acceptors (Lipinski definition) is 3. The molecule has 0 fully saturated rings. The zero-order valence-corrected chi connectivity index (χ0v) is 16.5. The maximum absolute atomic E-state index is 13.5. The van der Waals surface area contributed by atoms with E-state index in [0.29, 0.717) is 17.8 Å². The van der Waals surface area contributed by atoms with E-state index in [2.05, 4.69) is 11.4 Å². The number of nitrogens with one attached hydrogen (secondary N) is 1. The van der Waals surface area contributed by atoms with Crippen LogP contribution in [0.2, 0.25) is 0 Å². The number of fused-ring (bicyclic) bond motifs is 1. The highest BCUT2D eigenvalue weighted by atomic mass is 19.1. The Kier molecular flexibility index (Phi) is 5.48. The van der Waals surface area contributed by atoms with Crippen molar-refractivity contribution in [3.8, 4) is 0 Å². The summed E-state index contributed by atoms with van der Waals surface area (Å²) in [5, 5.41) is 2.88. The molecule has 1 N–H and O–H groups in total. The molecule has 0 saturated carbocycles. The molecule has 0 aromatic heterocycles. The third-order valence-electron chi connectivity index (χ3n) is 5.26. The third-order valence-corrected chi connectivity index (χ3v) is 5.26. The number of esters is 1. The molecule has 1 aliphatic rings. The normalized spacial score (nSPS) is 15.3. The molecule has 1 heterocycles. The Hall–Kier alpha value is -3.67. The van der Waals surface area contributed by atoms with Crippen LogP contribution in [0.5, 0.6) is 0 Å². The number of rotatable bonds is 3. The molecule has 5 nitrogen and oxygen atoms in total. The van der Waals surface area contributed by atoms with Gasteiger partial charge in [0.2, 0.25) is 0 Å². The second-order valence-corrected chi connectivity index (χ2v) is 7.10. The Morgan fingerprint density at radius 2 is 1.80 bits per heavy atom. The molecule has 0 saturated heterocycles. The average molecular weight is 404 g/mol. The van der Waals surface area contributed by atoms with Crippen LogP contribution in [0.1, 0.15) is 33.1 Å². The Morgan fingerprint density at radius 1 is 1.03 bits per heavy atom. The largest absolute Gasteiger partial charge is 0.465 e. The lowest BCUT2D eigenvalue weighted by atomic mass is 9.88. The zero-order valence-electron chi connectivity index (χ0n) is 16.5. The number of ether oxygens (including phenoxy) is 1. The summed E-state index contributed by atoms with van der Waals surface area (Å²) in [4.78, 5) is 26.7. The molecule has 0 radical (unpaired) electrons. The van der Waals surface area contributed by atoms with Crippen molar-refractivity contribution in [1.82, 2.24) is 4.90 Å². The maximum atomic E-state index is 13.5. The molecule has 152 valence electrons. The van der Waals surface area contributed by atoms with Crippen molar-refractivity contribution in [1.29, 1.82) is 0 Å². The second kappa shape index (κ2) is 8.37. The number of carbonyl (C=O) groups is 2. The number of benzene rings is 3. The number of hydrogen-bond donors (Lipinski definition) is 1. The average Bonchev–Trinajstić information content (AvgIpc) is 2.78. The summed E-state index contributed by atoms with van der Waals surface area (Å²) in [7, 11) is 1.31. The topological polar surface area (TPSA) is 58.6 Å². The van der Waals surface area contributed by atoms with Crippen LogP contribution in [-0.2, 0) is 11.2 Å². The third kappa shape index (κ3) is 3.89. The molecule has 1 unspecified atom stereocenters. The first-order valence-electron chi connectivity index (χ1n) is 9.66. The van der Waals surface area contributed by atoms with E-state index in [9.17, 15) is 14.0 Å². The summed E-state index contributed by atoms with van der Waals surface area (Å²) in [6.07, 6.45) is 0.726. The van der Waals surface area contributed by atoms with E-state index in [0.717, 1.165) is 17.5 Å². The molecule has 6 heteroatoms. The van der Waals surface area contributed by atoms with Gasteiger partial charge in [0.15, 0.2) is 0 Å². The van der Waals surface area contributed by atoms with Gasteiger partial charge in [-0.2, -0.15) is 0 Å². The lowest BCUT2D eigenvalue weighted by Gasteiger charge is -2.37. The minimum atomic E-state index is -0.470. The van der Waals surface area contributed by atoms with Crippen molar-refractivity contribution in [3.63, 3.8) is 0 Å². The van der Waals surface area contributed by atoms with Crippen LogP contribution in [0.3, 0.4) is 0 Å². The fourth-order valence-electron chi connectivity index (χ4n) is 3.83. The lowest BCUT2D eigenvalue weighted by Crippen LogP contribution is -2.43. The summed E-state index contributed by atoms with van der Waals surface area (Å²) in [5.74, 6) is -0.791. The smallest absolute Gasteiger partial charge is 0.337 e. The first-order valence-corrected chi connectivity index (χ1v) is 9.66. The van der Waals surface area contributed by atoms with Crippen molar-refractivity contribution in [2.75, 3.05) is 19.0 Å².